The minimum absolute atomic E-state index is 0.00727. The number of methoxy groups -OCH3 is 3. The van der Waals surface area contributed by atoms with Gasteiger partial charge in [0.15, 0.2) is 28.3 Å². The molecule has 1 heterocycles. The Hall–Kier alpha value is -3.35. The molecule has 0 saturated carbocycles. The van der Waals surface area contributed by atoms with Crippen LogP contribution in [0.5, 0.6) is 28.7 Å². The summed E-state index contributed by atoms with van der Waals surface area (Å²) in [7, 11) is 4.24. The Balaban J connectivity index is 2.34. The lowest BCUT2D eigenvalue weighted by atomic mass is 10.1. The first-order valence-corrected chi connectivity index (χ1v) is 7.29. The average Bonchev–Trinajstić information content (AvgIpc) is 2.61. The highest BCUT2D eigenvalue weighted by atomic mass is 16.5. The first-order chi connectivity index (χ1) is 12.0. The third-order valence-electron chi connectivity index (χ3n) is 3.79. The fourth-order valence-corrected chi connectivity index (χ4v) is 2.59. The van der Waals surface area contributed by atoms with Crippen molar-refractivity contribution in [1.29, 1.82) is 0 Å². The third kappa shape index (κ3) is 2.69. The van der Waals surface area contributed by atoms with Gasteiger partial charge in [0.05, 0.1) is 21.3 Å². The second kappa shape index (κ2) is 6.27. The van der Waals surface area contributed by atoms with Crippen LogP contribution >= 0.6 is 0 Å². The molecule has 25 heavy (non-hydrogen) atoms. The van der Waals surface area contributed by atoms with Gasteiger partial charge >= 0.3 is 0 Å². The zero-order valence-corrected chi connectivity index (χ0v) is 13.8. The Labute approximate surface area is 142 Å². The summed E-state index contributed by atoms with van der Waals surface area (Å²) >= 11 is 0. The molecule has 2 N–H and O–H groups in total. The van der Waals surface area contributed by atoms with E-state index >= 15 is 0 Å². The van der Waals surface area contributed by atoms with Crippen LogP contribution in [0.3, 0.4) is 0 Å². The molecule has 7 nitrogen and oxygen atoms in total. The normalized spacial score (nSPS) is 10.7. The number of aromatic hydroxyl groups is 2. The van der Waals surface area contributed by atoms with Gasteiger partial charge in [0, 0.05) is 17.7 Å². The van der Waals surface area contributed by atoms with E-state index in [2.05, 4.69) is 0 Å². The number of hydrogen-bond donors (Lipinski definition) is 2. The lowest BCUT2D eigenvalue weighted by Gasteiger charge is -2.12. The van der Waals surface area contributed by atoms with Crippen molar-refractivity contribution in [1.82, 2.24) is 0 Å². The summed E-state index contributed by atoms with van der Waals surface area (Å²) in [6.07, 6.45) is 0. The first kappa shape index (κ1) is 16.5. The van der Waals surface area contributed by atoms with E-state index in [0.29, 0.717) is 5.56 Å². The number of rotatable bonds is 4. The second-order valence-corrected chi connectivity index (χ2v) is 5.20. The van der Waals surface area contributed by atoms with Crippen LogP contribution in [0.25, 0.3) is 22.3 Å². The van der Waals surface area contributed by atoms with Gasteiger partial charge in [-0.05, 0) is 18.2 Å². The largest absolute Gasteiger partial charge is 0.507 e. The van der Waals surface area contributed by atoms with Crippen molar-refractivity contribution in [2.24, 2.45) is 0 Å². The first-order valence-electron chi connectivity index (χ1n) is 7.29. The monoisotopic (exact) mass is 344 g/mol. The molecule has 0 atom stereocenters. The lowest BCUT2D eigenvalue weighted by molar-refractivity contribution is 0.350. The molecule has 0 fully saturated rings. The maximum atomic E-state index is 12.5. The van der Waals surface area contributed by atoms with Gasteiger partial charge in [-0.15, -0.1) is 0 Å². The molecule has 0 spiro atoms. The van der Waals surface area contributed by atoms with Gasteiger partial charge < -0.3 is 28.8 Å². The Bertz CT molecular complexity index is 1000. The average molecular weight is 344 g/mol. The molecule has 0 bridgehead atoms. The van der Waals surface area contributed by atoms with Crippen LogP contribution in [0.1, 0.15) is 0 Å². The maximum absolute atomic E-state index is 12.5. The standard InChI is InChI=1S/C18H16O7/c1-22-14-6-9(4-5-10(14)19)13-7-11(20)16-12(21)8-15(23-2)17(24-3)18(16)25-13/h4-8,19,21H,1-3H3. The van der Waals surface area contributed by atoms with Crippen LogP contribution in [0.15, 0.2) is 39.5 Å². The molecule has 0 amide bonds. The lowest BCUT2D eigenvalue weighted by Crippen LogP contribution is -2.03. The van der Waals surface area contributed by atoms with Crippen molar-refractivity contribution in [2.45, 2.75) is 0 Å². The molecule has 3 rings (SSSR count). The summed E-state index contributed by atoms with van der Waals surface area (Å²) in [5.41, 5.74) is 0.133. The van der Waals surface area contributed by atoms with Gasteiger partial charge in [-0.1, -0.05) is 0 Å². The van der Waals surface area contributed by atoms with Gasteiger partial charge in [-0.25, -0.2) is 0 Å². The highest BCUT2D eigenvalue weighted by Crippen LogP contribution is 2.41. The summed E-state index contributed by atoms with van der Waals surface area (Å²) in [6, 6.07) is 7.08. The topological polar surface area (TPSA) is 98.4 Å². The van der Waals surface area contributed by atoms with E-state index in [1.165, 1.54) is 45.6 Å². The third-order valence-corrected chi connectivity index (χ3v) is 3.79. The highest BCUT2D eigenvalue weighted by molar-refractivity contribution is 5.91. The number of benzene rings is 2. The molecule has 0 aliphatic heterocycles. The van der Waals surface area contributed by atoms with E-state index in [1.54, 1.807) is 6.07 Å². The molecule has 1 aromatic heterocycles. The van der Waals surface area contributed by atoms with Crippen molar-refractivity contribution >= 4 is 11.0 Å². The van der Waals surface area contributed by atoms with Crippen LogP contribution < -0.4 is 19.6 Å². The van der Waals surface area contributed by atoms with Crippen LogP contribution in [0.2, 0.25) is 0 Å². The van der Waals surface area contributed by atoms with Crippen molar-refractivity contribution in [3.8, 4) is 40.1 Å². The number of phenols is 2. The van der Waals surface area contributed by atoms with Gasteiger partial charge in [-0.2, -0.15) is 0 Å². The van der Waals surface area contributed by atoms with Crippen LogP contribution in [0, 0.1) is 0 Å². The minimum atomic E-state index is -0.443. The molecule has 0 aliphatic rings. The Morgan fingerprint density at radius 1 is 0.880 bits per heavy atom. The summed E-state index contributed by atoms with van der Waals surface area (Å²) in [5.74, 6) is 0.584. The number of ether oxygens (including phenoxy) is 3. The number of hydrogen-bond acceptors (Lipinski definition) is 7. The fraction of sp³-hybridized carbons (Fsp3) is 0.167. The summed E-state index contributed by atoms with van der Waals surface area (Å²) in [4.78, 5) is 12.5. The van der Waals surface area contributed by atoms with Crippen LogP contribution in [-0.2, 0) is 0 Å². The molecule has 2 aromatic carbocycles. The van der Waals surface area contributed by atoms with Gasteiger partial charge in [-0.3, -0.25) is 4.79 Å². The molecule has 3 aromatic rings. The Morgan fingerprint density at radius 3 is 2.24 bits per heavy atom. The predicted octanol–water partition coefficient (Wildman–Crippen LogP) is 2.90. The zero-order chi connectivity index (χ0) is 18.1. The molecule has 0 radical (unpaired) electrons. The van der Waals surface area contributed by atoms with E-state index in [1.807, 2.05) is 0 Å². The number of fused-ring (bicyclic) bond motifs is 1. The van der Waals surface area contributed by atoms with Crippen LogP contribution in [-0.4, -0.2) is 31.5 Å². The van der Waals surface area contributed by atoms with Crippen molar-refractivity contribution in [3.05, 3.63) is 40.6 Å². The maximum Gasteiger partial charge on any atom is 0.205 e. The van der Waals surface area contributed by atoms with E-state index in [0.717, 1.165) is 0 Å². The minimum Gasteiger partial charge on any atom is -0.507 e. The van der Waals surface area contributed by atoms with Crippen molar-refractivity contribution in [3.63, 3.8) is 0 Å². The summed E-state index contributed by atoms with van der Waals surface area (Å²) in [6.45, 7) is 0. The van der Waals surface area contributed by atoms with Gasteiger partial charge in [0.2, 0.25) is 5.75 Å². The van der Waals surface area contributed by atoms with Crippen molar-refractivity contribution in [2.75, 3.05) is 21.3 Å². The summed E-state index contributed by atoms with van der Waals surface area (Å²) < 4.78 is 21.3. The Kier molecular flexibility index (Phi) is 4.14. The van der Waals surface area contributed by atoms with E-state index in [-0.39, 0.29) is 45.5 Å². The van der Waals surface area contributed by atoms with Crippen molar-refractivity contribution < 1.29 is 28.8 Å². The summed E-state index contributed by atoms with van der Waals surface area (Å²) in [5, 5.41) is 19.8. The second-order valence-electron chi connectivity index (χ2n) is 5.20. The molecular formula is C18H16O7. The molecule has 0 saturated heterocycles. The zero-order valence-electron chi connectivity index (χ0n) is 13.8. The molecule has 0 unspecified atom stereocenters. The smallest absolute Gasteiger partial charge is 0.205 e. The van der Waals surface area contributed by atoms with Crippen LogP contribution in [0.4, 0.5) is 0 Å². The Morgan fingerprint density at radius 2 is 1.60 bits per heavy atom. The predicted molar refractivity (Wildman–Crippen MR) is 90.9 cm³/mol. The quantitative estimate of drug-likeness (QED) is 0.751. The fourth-order valence-electron chi connectivity index (χ4n) is 2.59. The number of phenolic OH excluding ortho intramolecular Hbond substituents is 2. The molecule has 0 aliphatic carbocycles. The van der Waals surface area contributed by atoms with Gasteiger partial charge in [0.25, 0.3) is 0 Å². The van der Waals surface area contributed by atoms with E-state index in [4.69, 9.17) is 18.6 Å². The molecule has 130 valence electrons. The van der Waals surface area contributed by atoms with Gasteiger partial charge in [0.1, 0.15) is 16.9 Å². The molecule has 7 heteroatoms. The molecular weight excluding hydrogens is 328 g/mol. The SMILES string of the molecule is COc1cc(-c2cc(=O)c3c(O)cc(OC)c(OC)c3o2)ccc1O. The van der Waals surface area contributed by atoms with E-state index in [9.17, 15) is 15.0 Å². The highest BCUT2D eigenvalue weighted by Gasteiger charge is 2.20. The van der Waals surface area contributed by atoms with E-state index < -0.39 is 5.43 Å².